The Morgan fingerprint density at radius 3 is 2.32 bits per heavy atom. The zero-order valence-electron chi connectivity index (χ0n) is 13.6. The third-order valence-electron chi connectivity index (χ3n) is 4.25. The van der Waals surface area contributed by atoms with Gasteiger partial charge in [-0.2, -0.15) is 0 Å². The molecule has 130 valence electrons. The number of fused-ring (bicyclic) bond motifs is 1. The van der Waals surface area contributed by atoms with Gasteiger partial charge in [0.2, 0.25) is 0 Å². The molecule has 2 aromatic carbocycles. The van der Waals surface area contributed by atoms with Gasteiger partial charge in [0.1, 0.15) is 0 Å². The molecule has 0 aliphatic carbocycles. The average Bonchev–Trinajstić information content (AvgIpc) is 2.83. The fraction of sp³-hybridized carbons (Fsp3) is 0.222. The first kappa shape index (κ1) is 17.7. The van der Waals surface area contributed by atoms with Crippen LogP contribution in [-0.2, 0) is 10.4 Å². The van der Waals surface area contributed by atoms with E-state index in [9.17, 15) is 14.7 Å². The molecule has 0 saturated heterocycles. The summed E-state index contributed by atoms with van der Waals surface area (Å²) in [6.07, 6.45) is -0.423. The van der Waals surface area contributed by atoms with E-state index in [2.05, 4.69) is 5.32 Å². The van der Waals surface area contributed by atoms with Crippen molar-refractivity contribution < 1.29 is 14.7 Å². The molecule has 25 heavy (non-hydrogen) atoms. The summed E-state index contributed by atoms with van der Waals surface area (Å²) in [4.78, 5) is 26.8. The summed E-state index contributed by atoms with van der Waals surface area (Å²) < 4.78 is 0. The SMILES string of the molecule is CN(C)c1ccc(C(=O)C[C@]2(O)C(=O)Nc3c(Cl)ccc(Cl)c32)cc1. The maximum Gasteiger partial charge on any atom is 0.261 e. The molecule has 0 fully saturated rings. The van der Waals surface area contributed by atoms with Crippen molar-refractivity contribution in [3.8, 4) is 0 Å². The lowest BCUT2D eigenvalue weighted by atomic mass is 9.88. The molecule has 1 amide bonds. The Morgan fingerprint density at radius 2 is 1.72 bits per heavy atom. The van der Waals surface area contributed by atoms with E-state index < -0.39 is 17.9 Å². The van der Waals surface area contributed by atoms with Crippen molar-refractivity contribution in [1.82, 2.24) is 0 Å². The molecule has 0 saturated carbocycles. The summed E-state index contributed by atoms with van der Waals surface area (Å²) in [7, 11) is 3.79. The van der Waals surface area contributed by atoms with Crippen LogP contribution >= 0.6 is 23.2 Å². The maximum atomic E-state index is 12.6. The van der Waals surface area contributed by atoms with Crippen molar-refractivity contribution in [2.45, 2.75) is 12.0 Å². The minimum atomic E-state index is -2.05. The van der Waals surface area contributed by atoms with Crippen LogP contribution in [0.15, 0.2) is 36.4 Å². The molecule has 2 N–H and O–H groups in total. The van der Waals surface area contributed by atoms with Crippen molar-refractivity contribution in [3.05, 3.63) is 57.6 Å². The molecule has 1 heterocycles. The van der Waals surface area contributed by atoms with Crippen LogP contribution in [0, 0.1) is 0 Å². The molecule has 0 unspecified atom stereocenters. The van der Waals surface area contributed by atoms with E-state index in [-0.39, 0.29) is 27.1 Å². The lowest BCUT2D eigenvalue weighted by molar-refractivity contribution is -0.133. The predicted octanol–water partition coefficient (Wildman–Crippen LogP) is 3.47. The molecule has 1 aliphatic rings. The number of ketones is 1. The largest absolute Gasteiger partial charge is 0.378 e. The van der Waals surface area contributed by atoms with Crippen molar-refractivity contribution in [1.29, 1.82) is 0 Å². The van der Waals surface area contributed by atoms with Crippen molar-refractivity contribution in [3.63, 3.8) is 0 Å². The van der Waals surface area contributed by atoms with Crippen molar-refractivity contribution >= 4 is 46.3 Å². The first-order valence-corrected chi connectivity index (χ1v) is 8.32. The number of nitrogens with zero attached hydrogens (tertiary/aromatic N) is 1. The molecule has 5 nitrogen and oxygen atoms in total. The van der Waals surface area contributed by atoms with Crippen LogP contribution in [0.25, 0.3) is 0 Å². The topological polar surface area (TPSA) is 69.6 Å². The molecule has 0 bridgehead atoms. The van der Waals surface area contributed by atoms with Gasteiger partial charge in [-0.3, -0.25) is 9.59 Å². The second kappa shape index (κ2) is 6.33. The van der Waals surface area contributed by atoms with Gasteiger partial charge in [-0.05, 0) is 36.4 Å². The summed E-state index contributed by atoms with van der Waals surface area (Å²) in [6, 6.07) is 9.93. The highest BCUT2D eigenvalue weighted by Crippen LogP contribution is 2.46. The third kappa shape index (κ3) is 2.99. The number of Topliss-reactive ketones (excluding diaryl/α,β-unsaturated/α-hetero) is 1. The van der Waals surface area contributed by atoms with Gasteiger partial charge < -0.3 is 15.3 Å². The number of amides is 1. The monoisotopic (exact) mass is 378 g/mol. The second-order valence-electron chi connectivity index (χ2n) is 6.13. The van der Waals surface area contributed by atoms with Gasteiger partial charge in [0.15, 0.2) is 11.4 Å². The first-order valence-electron chi connectivity index (χ1n) is 7.57. The van der Waals surface area contributed by atoms with Crippen LogP contribution in [0.2, 0.25) is 10.0 Å². The Kier molecular flexibility index (Phi) is 4.49. The van der Waals surface area contributed by atoms with Crippen LogP contribution in [-0.4, -0.2) is 30.9 Å². The summed E-state index contributed by atoms with van der Waals surface area (Å²) in [5.74, 6) is -1.08. The minimum absolute atomic E-state index is 0.143. The Morgan fingerprint density at radius 1 is 1.12 bits per heavy atom. The summed E-state index contributed by atoms with van der Waals surface area (Å²) in [5.41, 5.74) is -0.316. The Hall–Kier alpha value is -2.08. The molecular formula is C18H16Cl2N2O3. The highest BCUT2D eigenvalue weighted by Gasteiger charge is 2.49. The van der Waals surface area contributed by atoms with Crippen LogP contribution in [0.5, 0.6) is 0 Å². The number of rotatable bonds is 4. The van der Waals surface area contributed by atoms with E-state index in [1.54, 1.807) is 24.3 Å². The maximum absolute atomic E-state index is 12.6. The number of nitrogens with one attached hydrogen (secondary N) is 1. The number of aliphatic hydroxyl groups is 1. The second-order valence-corrected chi connectivity index (χ2v) is 6.95. The fourth-order valence-corrected chi connectivity index (χ4v) is 3.38. The van der Waals surface area contributed by atoms with E-state index in [0.29, 0.717) is 5.56 Å². The van der Waals surface area contributed by atoms with E-state index in [1.165, 1.54) is 12.1 Å². The van der Waals surface area contributed by atoms with Gasteiger partial charge in [-0.1, -0.05) is 23.2 Å². The molecule has 1 atom stereocenters. The van der Waals surface area contributed by atoms with Crippen LogP contribution < -0.4 is 10.2 Å². The molecule has 0 spiro atoms. The van der Waals surface area contributed by atoms with Crippen LogP contribution in [0.3, 0.4) is 0 Å². The van der Waals surface area contributed by atoms with Crippen LogP contribution in [0.4, 0.5) is 11.4 Å². The third-order valence-corrected chi connectivity index (χ3v) is 4.88. The van der Waals surface area contributed by atoms with Crippen molar-refractivity contribution in [2.24, 2.45) is 0 Å². The van der Waals surface area contributed by atoms with E-state index in [0.717, 1.165) is 5.69 Å². The minimum Gasteiger partial charge on any atom is -0.378 e. The van der Waals surface area contributed by atoms with Gasteiger partial charge in [0.25, 0.3) is 5.91 Å². The summed E-state index contributed by atoms with van der Waals surface area (Å²) >= 11 is 12.2. The van der Waals surface area contributed by atoms with Gasteiger partial charge >= 0.3 is 0 Å². The van der Waals surface area contributed by atoms with E-state index in [1.807, 2.05) is 19.0 Å². The number of halogens is 2. The summed E-state index contributed by atoms with van der Waals surface area (Å²) in [6.45, 7) is 0. The number of hydrogen-bond donors (Lipinski definition) is 2. The highest BCUT2D eigenvalue weighted by atomic mass is 35.5. The standard InChI is InChI=1S/C18H16Cl2N2O3/c1-22(2)11-5-3-10(4-6-11)14(23)9-18(25)15-12(19)7-8-13(20)16(15)21-17(18)24/h3-8,25H,9H2,1-2H3,(H,21,24)/t18-/m1/s1. The Labute approximate surface area is 155 Å². The number of benzene rings is 2. The number of anilines is 2. The Bertz CT molecular complexity index is 865. The Balaban J connectivity index is 1.94. The number of hydrogen-bond acceptors (Lipinski definition) is 4. The quantitative estimate of drug-likeness (QED) is 0.799. The zero-order chi connectivity index (χ0) is 18.4. The molecular weight excluding hydrogens is 363 g/mol. The van der Waals surface area contributed by atoms with Crippen LogP contribution in [0.1, 0.15) is 22.3 Å². The lowest BCUT2D eigenvalue weighted by Gasteiger charge is -2.21. The normalized spacial score (nSPS) is 18.7. The fourth-order valence-electron chi connectivity index (χ4n) is 2.86. The number of carbonyl (C=O) groups excluding carboxylic acids is 2. The molecule has 1 aliphatic heterocycles. The van der Waals surface area contributed by atoms with Crippen molar-refractivity contribution in [2.75, 3.05) is 24.3 Å². The molecule has 7 heteroatoms. The van der Waals surface area contributed by atoms with E-state index >= 15 is 0 Å². The molecule has 2 aromatic rings. The zero-order valence-corrected chi connectivity index (χ0v) is 15.1. The molecule has 0 radical (unpaired) electrons. The molecule has 3 rings (SSSR count). The smallest absolute Gasteiger partial charge is 0.261 e. The van der Waals surface area contributed by atoms with Gasteiger partial charge in [-0.15, -0.1) is 0 Å². The average molecular weight is 379 g/mol. The number of carbonyl (C=O) groups is 2. The van der Waals surface area contributed by atoms with Gasteiger partial charge in [-0.25, -0.2) is 0 Å². The van der Waals surface area contributed by atoms with E-state index in [4.69, 9.17) is 23.2 Å². The first-order chi connectivity index (χ1) is 11.7. The highest BCUT2D eigenvalue weighted by molar-refractivity contribution is 6.38. The van der Waals surface area contributed by atoms with Gasteiger partial charge in [0.05, 0.1) is 17.1 Å². The lowest BCUT2D eigenvalue weighted by Crippen LogP contribution is -2.36. The predicted molar refractivity (Wildman–Crippen MR) is 98.7 cm³/mol. The molecule has 0 aromatic heterocycles. The summed E-state index contributed by atoms with van der Waals surface area (Å²) in [5, 5.41) is 13.9. The van der Waals surface area contributed by atoms with Gasteiger partial charge in [0, 0.05) is 35.9 Å².